The molecule has 0 aliphatic heterocycles. The number of benzene rings is 1. The maximum Gasteiger partial charge on any atom is 0.170 e. The molecule has 0 spiro atoms. The van der Waals surface area contributed by atoms with Gasteiger partial charge in [-0.05, 0) is 52.2 Å². The molecule has 6 heteroatoms. The molecule has 20 heavy (non-hydrogen) atoms. The fourth-order valence-electron chi connectivity index (χ4n) is 2.01. The summed E-state index contributed by atoms with van der Waals surface area (Å²) in [6.45, 7) is 4.97. The second-order valence-electron chi connectivity index (χ2n) is 4.89. The lowest BCUT2D eigenvalue weighted by molar-refractivity contribution is 0.318. The zero-order valence-electron chi connectivity index (χ0n) is 12.3. The molecule has 3 N–H and O–H groups in total. The molecule has 1 aromatic carbocycles. The van der Waals surface area contributed by atoms with E-state index in [0.29, 0.717) is 10.6 Å². The van der Waals surface area contributed by atoms with Gasteiger partial charge >= 0.3 is 0 Å². The Morgan fingerprint density at radius 3 is 2.55 bits per heavy atom. The van der Waals surface area contributed by atoms with Crippen LogP contribution in [0.4, 0.5) is 5.69 Å². The van der Waals surface area contributed by atoms with E-state index in [1.165, 1.54) is 0 Å². The average Bonchev–Trinajstić information content (AvgIpc) is 2.43. The van der Waals surface area contributed by atoms with Crippen LogP contribution < -0.4 is 10.6 Å². The number of nitrogens with zero attached hydrogens (tertiary/aromatic N) is 3. The Balaban J connectivity index is 2.82. The van der Waals surface area contributed by atoms with Crippen LogP contribution in [-0.4, -0.2) is 49.7 Å². The molecule has 0 atom stereocenters. The van der Waals surface area contributed by atoms with Crippen LogP contribution >= 0.6 is 11.6 Å². The summed E-state index contributed by atoms with van der Waals surface area (Å²) in [5.74, 6) is 0.0640. The van der Waals surface area contributed by atoms with Crippen LogP contribution in [0.1, 0.15) is 18.9 Å². The number of hydrogen-bond acceptors (Lipinski definition) is 4. The van der Waals surface area contributed by atoms with Gasteiger partial charge in [-0.1, -0.05) is 16.8 Å². The minimum absolute atomic E-state index is 0.0640. The molecule has 0 saturated heterocycles. The van der Waals surface area contributed by atoms with Gasteiger partial charge in [0, 0.05) is 18.7 Å². The standard InChI is InChI=1S/C14H23ClN4O/c1-4-19(9-5-8-18(2)3)13-7-6-11(10-12(13)15)14(16)17-20/h6-7,10,20H,4-5,8-9H2,1-3H3,(H2,16,17). The highest BCUT2D eigenvalue weighted by molar-refractivity contribution is 6.33. The van der Waals surface area contributed by atoms with Crippen LogP contribution in [0.5, 0.6) is 0 Å². The van der Waals surface area contributed by atoms with Gasteiger partial charge in [0.2, 0.25) is 0 Å². The normalized spacial score (nSPS) is 11.9. The van der Waals surface area contributed by atoms with E-state index in [0.717, 1.165) is 31.7 Å². The van der Waals surface area contributed by atoms with Crippen molar-refractivity contribution in [1.29, 1.82) is 0 Å². The van der Waals surface area contributed by atoms with Crippen molar-refractivity contribution in [2.24, 2.45) is 10.9 Å². The van der Waals surface area contributed by atoms with E-state index in [4.69, 9.17) is 22.5 Å². The predicted octanol–water partition coefficient (Wildman–Crippen LogP) is 2.21. The summed E-state index contributed by atoms with van der Waals surface area (Å²) in [6.07, 6.45) is 1.07. The van der Waals surface area contributed by atoms with E-state index in [1.54, 1.807) is 6.07 Å². The fourth-order valence-corrected chi connectivity index (χ4v) is 2.31. The van der Waals surface area contributed by atoms with Crippen LogP contribution in [0.3, 0.4) is 0 Å². The lowest BCUT2D eigenvalue weighted by Crippen LogP contribution is -2.27. The molecule has 0 unspecified atom stereocenters. The SMILES string of the molecule is CCN(CCCN(C)C)c1ccc(/C(N)=N/O)cc1Cl. The smallest absolute Gasteiger partial charge is 0.170 e. The van der Waals surface area contributed by atoms with Gasteiger partial charge in [0.1, 0.15) is 0 Å². The van der Waals surface area contributed by atoms with Gasteiger partial charge in [-0.3, -0.25) is 0 Å². The summed E-state index contributed by atoms with van der Waals surface area (Å²) in [6, 6.07) is 5.44. The predicted molar refractivity (Wildman–Crippen MR) is 85.0 cm³/mol. The second kappa shape index (κ2) is 7.97. The van der Waals surface area contributed by atoms with Gasteiger partial charge in [0.25, 0.3) is 0 Å². The van der Waals surface area contributed by atoms with Crippen molar-refractivity contribution in [3.05, 3.63) is 28.8 Å². The van der Waals surface area contributed by atoms with Gasteiger partial charge < -0.3 is 20.7 Å². The van der Waals surface area contributed by atoms with Crippen LogP contribution in [-0.2, 0) is 0 Å². The fraction of sp³-hybridized carbons (Fsp3) is 0.500. The van der Waals surface area contributed by atoms with E-state index >= 15 is 0 Å². The maximum atomic E-state index is 8.68. The minimum Gasteiger partial charge on any atom is -0.409 e. The molecular formula is C14H23ClN4O. The van der Waals surface area contributed by atoms with Crippen molar-refractivity contribution in [2.45, 2.75) is 13.3 Å². The molecule has 0 heterocycles. The quantitative estimate of drug-likeness (QED) is 0.351. The first-order valence-corrected chi connectivity index (χ1v) is 7.04. The summed E-state index contributed by atoms with van der Waals surface area (Å²) >= 11 is 6.30. The molecule has 1 aromatic rings. The zero-order valence-corrected chi connectivity index (χ0v) is 13.1. The summed E-state index contributed by atoms with van der Waals surface area (Å²) in [4.78, 5) is 4.39. The first kappa shape index (κ1) is 16.6. The molecule has 1 rings (SSSR count). The van der Waals surface area contributed by atoms with Gasteiger partial charge in [0.15, 0.2) is 5.84 Å². The number of halogens is 1. The Hall–Kier alpha value is -1.46. The van der Waals surface area contributed by atoms with E-state index in [1.807, 2.05) is 12.1 Å². The highest BCUT2D eigenvalue weighted by atomic mass is 35.5. The van der Waals surface area contributed by atoms with Gasteiger partial charge in [-0.25, -0.2) is 0 Å². The third-order valence-electron chi connectivity index (χ3n) is 3.11. The number of rotatable bonds is 7. The minimum atomic E-state index is 0.0640. The largest absolute Gasteiger partial charge is 0.409 e. The van der Waals surface area contributed by atoms with Crippen molar-refractivity contribution in [3.8, 4) is 0 Å². The molecule has 0 aliphatic rings. The average molecular weight is 299 g/mol. The van der Waals surface area contributed by atoms with Crippen molar-refractivity contribution >= 4 is 23.1 Å². The Labute approximate surface area is 125 Å². The van der Waals surface area contributed by atoms with Crippen LogP contribution in [0, 0.1) is 0 Å². The summed E-state index contributed by atoms with van der Waals surface area (Å²) < 4.78 is 0. The second-order valence-corrected chi connectivity index (χ2v) is 5.30. The van der Waals surface area contributed by atoms with Crippen LogP contribution in [0.15, 0.2) is 23.4 Å². The number of amidine groups is 1. The Morgan fingerprint density at radius 1 is 1.35 bits per heavy atom. The molecule has 0 aliphatic carbocycles. The molecule has 112 valence electrons. The van der Waals surface area contributed by atoms with E-state index in [-0.39, 0.29) is 5.84 Å². The third kappa shape index (κ3) is 4.58. The molecule has 0 bridgehead atoms. The van der Waals surface area contributed by atoms with Crippen molar-refractivity contribution in [3.63, 3.8) is 0 Å². The first-order valence-electron chi connectivity index (χ1n) is 6.66. The lowest BCUT2D eigenvalue weighted by Gasteiger charge is -2.25. The number of hydrogen-bond donors (Lipinski definition) is 2. The maximum absolute atomic E-state index is 8.68. The van der Waals surface area contributed by atoms with E-state index in [2.05, 4.69) is 36.0 Å². The highest BCUT2D eigenvalue weighted by Crippen LogP contribution is 2.27. The van der Waals surface area contributed by atoms with Crippen molar-refractivity contribution in [1.82, 2.24) is 4.90 Å². The van der Waals surface area contributed by atoms with E-state index in [9.17, 15) is 0 Å². The Kier molecular flexibility index (Phi) is 6.61. The molecule has 0 amide bonds. The molecule has 5 nitrogen and oxygen atoms in total. The molecule has 0 radical (unpaired) electrons. The third-order valence-corrected chi connectivity index (χ3v) is 3.41. The molecule has 0 aromatic heterocycles. The number of anilines is 1. The Bertz CT molecular complexity index is 462. The summed E-state index contributed by atoms with van der Waals surface area (Å²) in [7, 11) is 4.13. The van der Waals surface area contributed by atoms with Crippen molar-refractivity contribution in [2.75, 3.05) is 38.6 Å². The van der Waals surface area contributed by atoms with Gasteiger partial charge in [0.05, 0.1) is 10.7 Å². The Morgan fingerprint density at radius 2 is 2.05 bits per heavy atom. The van der Waals surface area contributed by atoms with Gasteiger partial charge in [-0.2, -0.15) is 0 Å². The van der Waals surface area contributed by atoms with Crippen molar-refractivity contribution < 1.29 is 5.21 Å². The summed E-state index contributed by atoms with van der Waals surface area (Å²) in [5, 5.41) is 12.3. The summed E-state index contributed by atoms with van der Waals surface area (Å²) in [5.41, 5.74) is 7.15. The topological polar surface area (TPSA) is 65.1 Å². The number of oxime groups is 1. The van der Waals surface area contributed by atoms with Crippen LogP contribution in [0.25, 0.3) is 0 Å². The molecular weight excluding hydrogens is 276 g/mol. The number of nitrogens with two attached hydrogens (primary N) is 1. The zero-order chi connectivity index (χ0) is 15.1. The highest BCUT2D eigenvalue weighted by Gasteiger charge is 2.10. The van der Waals surface area contributed by atoms with E-state index < -0.39 is 0 Å². The molecule has 0 saturated carbocycles. The van der Waals surface area contributed by atoms with Gasteiger partial charge in [-0.15, -0.1) is 0 Å². The first-order chi connectivity index (χ1) is 9.49. The monoisotopic (exact) mass is 298 g/mol. The lowest BCUT2D eigenvalue weighted by atomic mass is 10.1. The molecule has 0 fully saturated rings. The van der Waals surface area contributed by atoms with Crippen LogP contribution in [0.2, 0.25) is 5.02 Å².